The lowest BCUT2D eigenvalue weighted by Crippen LogP contribution is -2.44. The summed E-state index contributed by atoms with van der Waals surface area (Å²) < 4.78 is 6.97. The number of hydrogen-bond donors (Lipinski definition) is 1. The number of nitriles is 1. The predicted octanol–water partition coefficient (Wildman–Crippen LogP) is 3.76. The fourth-order valence-corrected chi connectivity index (χ4v) is 3.27. The van der Waals surface area contributed by atoms with Crippen molar-refractivity contribution in [3.8, 4) is 11.8 Å². The van der Waals surface area contributed by atoms with E-state index >= 15 is 0 Å². The second-order valence-electron chi connectivity index (χ2n) is 9.29. The van der Waals surface area contributed by atoms with Crippen LogP contribution in [-0.2, 0) is 13.0 Å². The molecule has 1 N–H and O–H groups in total. The maximum absolute atomic E-state index is 9.49. The molecule has 1 aromatic carbocycles. The van der Waals surface area contributed by atoms with E-state index < -0.39 is 0 Å². The molecule has 8 heteroatoms. The Morgan fingerprint density at radius 1 is 1.19 bits per heavy atom. The molecule has 0 aliphatic heterocycles. The zero-order chi connectivity index (χ0) is 22.6. The molecular weight excluding hydrogens is 390 g/mol. The molecule has 3 rings (SSSR count). The largest absolute Gasteiger partial charge is 0.497 e. The molecule has 0 aliphatic rings. The summed E-state index contributed by atoms with van der Waals surface area (Å²) in [4.78, 5) is 8.87. The van der Waals surface area contributed by atoms with E-state index in [0.717, 1.165) is 23.4 Å². The Morgan fingerprint density at radius 3 is 2.48 bits per heavy atom. The van der Waals surface area contributed by atoms with Crippen LogP contribution in [-0.4, -0.2) is 33.2 Å². The van der Waals surface area contributed by atoms with Crippen molar-refractivity contribution in [2.75, 3.05) is 18.7 Å². The van der Waals surface area contributed by atoms with Crippen LogP contribution in [0.3, 0.4) is 0 Å². The summed E-state index contributed by atoms with van der Waals surface area (Å²) in [6.07, 6.45) is 0.837. The monoisotopic (exact) mass is 421 g/mol. The lowest BCUT2D eigenvalue weighted by atomic mass is 9.97. The molecule has 164 valence electrons. The highest BCUT2D eigenvalue weighted by Gasteiger charge is 2.22. The van der Waals surface area contributed by atoms with E-state index in [9.17, 15) is 5.26 Å². The lowest BCUT2D eigenvalue weighted by Gasteiger charge is -2.31. The van der Waals surface area contributed by atoms with Gasteiger partial charge in [0.25, 0.3) is 0 Å². The van der Waals surface area contributed by atoms with Crippen LogP contribution in [0.15, 0.2) is 30.3 Å². The van der Waals surface area contributed by atoms with Crippen molar-refractivity contribution in [2.24, 2.45) is 11.3 Å². The summed E-state index contributed by atoms with van der Waals surface area (Å²) >= 11 is 0. The number of methoxy groups -OCH3 is 1. The smallest absolute Gasteiger partial charge is 0.245 e. The zero-order valence-electron chi connectivity index (χ0n) is 19.2. The van der Waals surface area contributed by atoms with Crippen LogP contribution < -0.4 is 15.2 Å². The molecule has 0 saturated carbocycles. The normalized spacial score (nSPS) is 11.7. The standard InChI is InChI=1S/C23H31N7O/c1-16(2)11-18-12-21-26-20(13-24)27-22(30(21)28-18)29(15-23(3,4)5)25-14-17-7-9-19(31-6)10-8-17/h7-10,12,16,25H,11,14-15H2,1-6H3. The molecule has 0 radical (unpaired) electrons. The second kappa shape index (κ2) is 9.31. The Hall–Kier alpha value is -3.18. The van der Waals surface area contributed by atoms with E-state index in [-0.39, 0.29) is 11.2 Å². The van der Waals surface area contributed by atoms with Gasteiger partial charge in [-0.25, -0.2) is 5.43 Å². The molecule has 2 heterocycles. The molecule has 8 nitrogen and oxygen atoms in total. The summed E-state index contributed by atoms with van der Waals surface area (Å²) in [6.45, 7) is 12.0. The van der Waals surface area contributed by atoms with Crippen molar-refractivity contribution >= 4 is 11.6 Å². The van der Waals surface area contributed by atoms with Gasteiger partial charge >= 0.3 is 0 Å². The summed E-state index contributed by atoms with van der Waals surface area (Å²) in [6, 6.07) is 11.9. The quantitative estimate of drug-likeness (QED) is 0.554. The molecule has 0 aliphatic carbocycles. The summed E-state index contributed by atoms with van der Waals surface area (Å²) in [5, 5.41) is 16.2. The molecular formula is C23H31N7O. The van der Waals surface area contributed by atoms with Gasteiger partial charge in [-0.15, -0.1) is 0 Å². The van der Waals surface area contributed by atoms with Crippen molar-refractivity contribution in [1.82, 2.24) is 25.0 Å². The van der Waals surface area contributed by atoms with Gasteiger partial charge in [0.2, 0.25) is 11.8 Å². The van der Waals surface area contributed by atoms with Crippen LogP contribution in [0.25, 0.3) is 5.65 Å². The van der Waals surface area contributed by atoms with E-state index in [4.69, 9.17) is 9.84 Å². The van der Waals surface area contributed by atoms with Crippen molar-refractivity contribution in [3.63, 3.8) is 0 Å². The van der Waals surface area contributed by atoms with E-state index in [1.54, 1.807) is 11.6 Å². The molecule has 3 aromatic rings. The third kappa shape index (κ3) is 5.92. The van der Waals surface area contributed by atoms with Crippen LogP contribution in [0.4, 0.5) is 5.95 Å². The molecule has 0 fully saturated rings. The molecule has 0 bridgehead atoms. The minimum Gasteiger partial charge on any atom is -0.497 e. The highest BCUT2D eigenvalue weighted by molar-refractivity contribution is 5.48. The van der Waals surface area contributed by atoms with Gasteiger partial charge < -0.3 is 4.74 Å². The van der Waals surface area contributed by atoms with Gasteiger partial charge in [-0.2, -0.15) is 24.8 Å². The Kier molecular flexibility index (Phi) is 6.76. The molecule has 0 atom stereocenters. The fraction of sp³-hybridized carbons (Fsp3) is 0.478. The van der Waals surface area contributed by atoms with Crippen LogP contribution in [0, 0.1) is 22.7 Å². The summed E-state index contributed by atoms with van der Waals surface area (Å²) in [7, 11) is 1.66. The Morgan fingerprint density at radius 2 is 1.90 bits per heavy atom. The lowest BCUT2D eigenvalue weighted by molar-refractivity contribution is 0.382. The number of rotatable bonds is 8. The van der Waals surface area contributed by atoms with E-state index in [0.29, 0.717) is 30.6 Å². The minimum atomic E-state index is -0.0229. The number of hydrogen-bond acceptors (Lipinski definition) is 7. The van der Waals surface area contributed by atoms with Crippen LogP contribution >= 0.6 is 0 Å². The van der Waals surface area contributed by atoms with Crippen LogP contribution in [0.2, 0.25) is 0 Å². The van der Waals surface area contributed by atoms with Gasteiger partial charge in [-0.05, 0) is 35.4 Å². The van der Waals surface area contributed by atoms with E-state index in [2.05, 4.69) is 56.1 Å². The van der Waals surface area contributed by atoms with Gasteiger partial charge in [-0.3, -0.25) is 5.01 Å². The minimum absolute atomic E-state index is 0.0229. The van der Waals surface area contributed by atoms with Crippen LogP contribution in [0.1, 0.15) is 51.7 Å². The highest BCUT2D eigenvalue weighted by atomic mass is 16.5. The average Bonchev–Trinajstić information content (AvgIpc) is 3.11. The predicted molar refractivity (Wildman–Crippen MR) is 121 cm³/mol. The van der Waals surface area contributed by atoms with E-state index in [1.165, 1.54) is 0 Å². The number of hydrazine groups is 1. The van der Waals surface area contributed by atoms with Gasteiger partial charge in [0.1, 0.15) is 11.8 Å². The third-order valence-corrected chi connectivity index (χ3v) is 4.58. The number of fused-ring (bicyclic) bond motifs is 1. The number of nitrogens with one attached hydrogen (secondary N) is 1. The van der Waals surface area contributed by atoms with Crippen molar-refractivity contribution in [3.05, 3.63) is 47.4 Å². The molecule has 0 spiro atoms. The molecule has 0 unspecified atom stereocenters. The first-order chi connectivity index (χ1) is 14.7. The summed E-state index contributed by atoms with van der Waals surface area (Å²) in [5.74, 6) is 1.97. The number of nitrogens with zero attached hydrogens (tertiary/aromatic N) is 6. The number of ether oxygens (including phenoxy) is 1. The maximum atomic E-state index is 9.49. The molecule has 0 amide bonds. The van der Waals surface area contributed by atoms with Crippen LogP contribution in [0.5, 0.6) is 5.75 Å². The average molecular weight is 422 g/mol. The molecule has 31 heavy (non-hydrogen) atoms. The van der Waals surface area contributed by atoms with Gasteiger partial charge in [0.15, 0.2) is 5.65 Å². The van der Waals surface area contributed by atoms with Gasteiger partial charge in [0, 0.05) is 19.2 Å². The number of anilines is 1. The highest BCUT2D eigenvalue weighted by Crippen LogP contribution is 2.21. The van der Waals surface area contributed by atoms with E-state index in [1.807, 2.05) is 35.3 Å². The Labute approximate surface area is 183 Å². The van der Waals surface area contributed by atoms with Gasteiger partial charge in [0.05, 0.1) is 12.8 Å². The number of benzene rings is 1. The Bertz CT molecular complexity index is 1060. The third-order valence-electron chi connectivity index (χ3n) is 4.58. The second-order valence-corrected chi connectivity index (χ2v) is 9.29. The summed E-state index contributed by atoms with van der Waals surface area (Å²) in [5.41, 5.74) is 6.12. The first-order valence-electron chi connectivity index (χ1n) is 10.5. The number of aromatic nitrogens is 4. The molecule has 0 saturated heterocycles. The van der Waals surface area contributed by atoms with Crippen molar-refractivity contribution in [1.29, 1.82) is 5.26 Å². The first kappa shape index (κ1) is 22.5. The first-order valence-corrected chi connectivity index (χ1v) is 10.5. The maximum Gasteiger partial charge on any atom is 0.245 e. The van der Waals surface area contributed by atoms with Crippen molar-refractivity contribution < 1.29 is 4.74 Å². The molecule has 2 aromatic heterocycles. The Balaban J connectivity index is 1.98. The van der Waals surface area contributed by atoms with Gasteiger partial charge in [-0.1, -0.05) is 46.8 Å². The topological polar surface area (TPSA) is 91.4 Å². The SMILES string of the molecule is COc1ccc(CNN(CC(C)(C)C)c2nc(C#N)nc3cc(CC(C)C)nn23)cc1. The zero-order valence-corrected chi connectivity index (χ0v) is 19.2. The fourth-order valence-electron chi connectivity index (χ4n) is 3.27. The van der Waals surface area contributed by atoms with Crippen molar-refractivity contribution in [2.45, 2.75) is 47.6 Å².